The molecule has 1 rings (SSSR count). The van der Waals surface area contributed by atoms with Crippen LogP contribution < -0.4 is 5.73 Å². The average Bonchev–Trinajstić information content (AvgIpc) is 2.28. The highest BCUT2D eigenvalue weighted by molar-refractivity contribution is 5.82. The number of hydrogen-bond donors (Lipinski definition) is 2. The van der Waals surface area contributed by atoms with Gasteiger partial charge >= 0.3 is 0 Å². The van der Waals surface area contributed by atoms with Crippen LogP contribution in [0.25, 0.3) is 0 Å². The highest BCUT2D eigenvalue weighted by atomic mass is 16.3. The van der Waals surface area contributed by atoms with Gasteiger partial charge in [-0.25, -0.2) is 0 Å². The maximum Gasteiger partial charge on any atom is 0.239 e. The van der Waals surface area contributed by atoms with Crippen molar-refractivity contribution in [2.45, 2.75) is 58.0 Å². The Balaban J connectivity index is 2.57. The molecule has 1 amide bonds. The molecule has 4 heteroatoms. The Labute approximate surface area is 104 Å². The van der Waals surface area contributed by atoms with Crippen molar-refractivity contribution in [1.82, 2.24) is 4.90 Å². The van der Waals surface area contributed by atoms with Gasteiger partial charge in [0.2, 0.25) is 5.91 Å². The molecule has 1 aliphatic rings. The lowest BCUT2D eigenvalue weighted by molar-refractivity contribution is -0.137. The molecule has 1 heterocycles. The first-order valence-electron chi connectivity index (χ1n) is 6.73. The minimum absolute atomic E-state index is 0.0665. The first-order valence-corrected chi connectivity index (χ1v) is 6.73. The quantitative estimate of drug-likeness (QED) is 0.759. The van der Waals surface area contributed by atoms with Gasteiger partial charge in [0.1, 0.15) is 0 Å². The first-order chi connectivity index (χ1) is 8.06. The summed E-state index contributed by atoms with van der Waals surface area (Å²) in [6.07, 6.45) is 4.62. The third kappa shape index (κ3) is 4.28. The summed E-state index contributed by atoms with van der Waals surface area (Å²) < 4.78 is 0. The SMILES string of the molecule is CC(C)C[C@@H](N)C(=O)N1CCCCC1CCO. The summed E-state index contributed by atoms with van der Waals surface area (Å²) in [5, 5.41) is 9.03. The van der Waals surface area contributed by atoms with Crippen molar-refractivity contribution in [2.24, 2.45) is 11.7 Å². The molecule has 0 aromatic rings. The second-order valence-corrected chi connectivity index (χ2v) is 5.43. The number of amides is 1. The van der Waals surface area contributed by atoms with E-state index in [0.29, 0.717) is 12.3 Å². The number of nitrogens with two attached hydrogens (primary N) is 1. The standard InChI is InChI=1S/C13H26N2O2/c1-10(2)9-12(14)13(17)15-7-4-3-5-11(15)6-8-16/h10-12,16H,3-9,14H2,1-2H3/t11?,12-/m1/s1. The molecule has 17 heavy (non-hydrogen) atoms. The molecule has 1 saturated heterocycles. The smallest absolute Gasteiger partial charge is 0.239 e. The van der Waals surface area contributed by atoms with Crippen molar-refractivity contribution in [1.29, 1.82) is 0 Å². The van der Waals surface area contributed by atoms with Gasteiger partial charge in [0, 0.05) is 19.2 Å². The summed E-state index contributed by atoms with van der Waals surface area (Å²) >= 11 is 0. The molecule has 0 aromatic carbocycles. The van der Waals surface area contributed by atoms with Crippen molar-refractivity contribution in [3.8, 4) is 0 Å². The molecule has 0 radical (unpaired) electrons. The fourth-order valence-electron chi connectivity index (χ4n) is 2.56. The molecule has 0 aromatic heterocycles. The van der Waals surface area contributed by atoms with Gasteiger partial charge in [0.25, 0.3) is 0 Å². The van der Waals surface area contributed by atoms with Crippen molar-refractivity contribution < 1.29 is 9.90 Å². The lowest BCUT2D eigenvalue weighted by Gasteiger charge is -2.37. The van der Waals surface area contributed by atoms with Crippen molar-refractivity contribution in [3.63, 3.8) is 0 Å². The van der Waals surface area contributed by atoms with Crippen LogP contribution >= 0.6 is 0 Å². The van der Waals surface area contributed by atoms with E-state index in [2.05, 4.69) is 13.8 Å². The normalized spacial score (nSPS) is 22.9. The third-order valence-corrected chi connectivity index (χ3v) is 3.42. The van der Waals surface area contributed by atoms with Crippen LogP contribution in [-0.4, -0.2) is 41.1 Å². The van der Waals surface area contributed by atoms with Crippen molar-refractivity contribution in [3.05, 3.63) is 0 Å². The van der Waals surface area contributed by atoms with E-state index in [1.54, 1.807) is 0 Å². The van der Waals surface area contributed by atoms with E-state index in [1.165, 1.54) is 0 Å². The van der Waals surface area contributed by atoms with Crippen LogP contribution in [0, 0.1) is 5.92 Å². The molecule has 100 valence electrons. The van der Waals surface area contributed by atoms with Crippen molar-refractivity contribution in [2.75, 3.05) is 13.2 Å². The zero-order valence-electron chi connectivity index (χ0n) is 11.1. The number of hydrogen-bond acceptors (Lipinski definition) is 3. The van der Waals surface area contributed by atoms with Gasteiger partial charge in [-0.15, -0.1) is 0 Å². The number of likely N-dealkylation sites (tertiary alicyclic amines) is 1. The van der Waals surface area contributed by atoms with E-state index in [0.717, 1.165) is 32.2 Å². The Morgan fingerprint density at radius 3 is 2.76 bits per heavy atom. The predicted octanol–water partition coefficient (Wildman–Crippen LogP) is 1.12. The van der Waals surface area contributed by atoms with E-state index in [-0.39, 0.29) is 24.6 Å². The van der Waals surface area contributed by atoms with Crippen LogP contribution in [0.4, 0.5) is 0 Å². The lowest BCUT2D eigenvalue weighted by atomic mass is 9.96. The summed E-state index contributed by atoms with van der Waals surface area (Å²) in [7, 11) is 0. The van der Waals surface area contributed by atoms with Gasteiger partial charge in [-0.1, -0.05) is 13.8 Å². The number of piperidine rings is 1. The second kappa shape index (κ2) is 6.97. The van der Waals surface area contributed by atoms with Gasteiger partial charge in [-0.2, -0.15) is 0 Å². The zero-order valence-corrected chi connectivity index (χ0v) is 11.1. The van der Waals surface area contributed by atoms with E-state index in [9.17, 15) is 4.79 Å². The topological polar surface area (TPSA) is 66.6 Å². The minimum atomic E-state index is -0.380. The molecule has 1 aliphatic heterocycles. The van der Waals surface area contributed by atoms with E-state index >= 15 is 0 Å². The molecule has 0 aliphatic carbocycles. The van der Waals surface area contributed by atoms with Gasteiger partial charge < -0.3 is 15.7 Å². The molecule has 0 saturated carbocycles. The molecule has 1 fully saturated rings. The van der Waals surface area contributed by atoms with Crippen LogP contribution in [0.2, 0.25) is 0 Å². The number of aliphatic hydroxyl groups excluding tert-OH is 1. The van der Waals surface area contributed by atoms with E-state index < -0.39 is 0 Å². The fourth-order valence-corrected chi connectivity index (χ4v) is 2.56. The molecule has 3 N–H and O–H groups in total. The number of carbonyl (C=O) groups is 1. The summed E-state index contributed by atoms with van der Waals surface area (Å²) in [5.74, 6) is 0.506. The van der Waals surface area contributed by atoms with Crippen LogP contribution in [0.15, 0.2) is 0 Å². The van der Waals surface area contributed by atoms with Crippen LogP contribution in [0.5, 0.6) is 0 Å². The van der Waals surface area contributed by atoms with E-state index in [1.807, 2.05) is 4.90 Å². The lowest BCUT2D eigenvalue weighted by Crippen LogP contribution is -2.51. The largest absolute Gasteiger partial charge is 0.396 e. The van der Waals surface area contributed by atoms with Crippen LogP contribution in [0.3, 0.4) is 0 Å². The van der Waals surface area contributed by atoms with Crippen LogP contribution in [0.1, 0.15) is 46.0 Å². The fraction of sp³-hybridized carbons (Fsp3) is 0.923. The number of rotatable bonds is 5. The molecule has 0 spiro atoms. The summed E-state index contributed by atoms with van der Waals surface area (Å²) in [6.45, 7) is 5.10. The highest BCUT2D eigenvalue weighted by Crippen LogP contribution is 2.21. The average molecular weight is 242 g/mol. The monoisotopic (exact) mass is 242 g/mol. The van der Waals surface area contributed by atoms with Gasteiger partial charge in [0.15, 0.2) is 0 Å². The molecule has 2 atom stereocenters. The second-order valence-electron chi connectivity index (χ2n) is 5.43. The molecule has 0 bridgehead atoms. The summed E-state index contributed by atoms with van der Waals surface area (Å²) in [4.78, 5) is 14.1. The Kier molecular flexibility index (Phi) is 5.92. The zero-order chi connectivity index (χ0) is 12.8. The number of nitrogens with zero attached hydrogens (tertiary/aromatic N) is 1. The summed E-state index contributed by atoms with van der Waals surface area (Å²) in [5.41, 5.74) is 5.95. The van der Waals surface area contributed by atoms with Gasteiger partial charge in [-0.3, -0.25) is 4.79 Å². The van der Waals surface area contributed by atoms with E-state index in [4.69, 9.17) is 10.8 Å². The minimum Gasteiger partial charge on any atom is -0.396 e. The van der Waals surface area contributed by atoms with Gasteiger partial charge in [-0.05, 0) is 38.0 Å². The van der Waals surface area contributed by atoms with Crippen LogP contribution in [-0.2, 0) is 4.79 Å². The summed E-state index contributed by atoms with van der Waals surface area (Å²) in [6, 6.07) is -0.186. The molecular formula is C13H26N2O2. The number of aliphatic hydroxyl groups is 1. The maximum atomic E-state index is 12.2. The predicted molar refractivity (Wildman–Crippen MR) is 68.5 cm³/mol. The van der Waals surface area contributed by atoms with Crippen molar-refractivity contribution >= 4 is 5.91 Å². The highest BCUT2D eigenvalue weighted by Gasteiger charge is 2.29. The third-order valence-electron chi connectivity index (χ3n) is 3.42. The maximum absolute atomic E-state index is 12.2. The Morgan fingerprint density at radius 2 is 2.18 bits per heavy atom. The number of carbonyl (C=O) groups excluding carboxylic acids is 1. The first kappa shape index (κ1) is 14.5. The van der Waals surface area contributed by atoms with Gasteiger partial charge in [0.05, 0.1) is 6.04 Å². The molecule has 4 nitrogen and oxygen atoms in total. The Bertz CT molecular complexity index is 242. The Hall–Kier alpha value is -0.610. The molecular weight excluding hydrogens is 216 g/mol. The Morgan fingerprint density at radius 1 is 1.47 bits per heavy atom. The molecule has 1 unspecified atom stereocenters.